The summed E-state index contributed by atoms with van der Waals surface area (Å²) in [5, 5.41) is 16.3. The maximum atomic E-state index is 11.9. The van der Waals surface area contributed by atoms with E-state index in [0.717, 1.165) is 25.7 Å². The van der Waals surface area contributed by atoms with Gasteiger partial charge in [0.05, 0.1) is 0 Å². The third-order valence-corrected chi connectivity index (χ3v) is 4.25. The van der Waals surface area contributed by atoms with E-state index in [9.17, 15) is 27.2 Å². The van der Waals surface area contributed by atoms with Crippen molar-refractivity contribution in [3.05, 3.63) is 48.6 Å². The summed E-state index contributed by atoms with van der Waals surface area (Å²) < 4.78 is 45.1. The fourth-order valence-electron chi connectivity index (χ4n) is 2.01. The SMILES string of the molecule is O=C(O)C(F)(Br)Br.O=C(O)CCCC=CCC=CCC=CCC=CCCCCC(F)(F)F. The van der Waals surface area contributed by atoms with E-state index in [1.807, 2.05) is 30.4 Å². The topological polar surface area (TPSA) is 74.6 Å². The molecule has 10 heteroatoms. The number of carboxylic acids is 2. The molecule has 0 saturated heterocycles. The van der Waals surface area contributed by atoms with Gasteiger partial charge in [-0.3, -0.25) is 4.79 Å². The maximum Gasteiger partial charge on any atom is 0.389 e. The molecule has 0 fully saturated rings. The number of hydrogen-bond donors (Lipinski definition) is 2. The van der Waals surface area contributed by atoms with Gasteiger partial charge in [-0.05, 0) is 83.2 Å². The van der Waals surface area contributed by atoms with E-state index < -0.39 is 28.0 Å². The van der Waals surface area contributed by atoms with Gasteiger partial charge in [0.15, 0.2) is 0 Å². The molecule has 0 radical (unpaired) electrons. The molecule has 4 nitrogen and oxygen atoms in total. The average molecular weight is 594 g/mol. The Balaban J connectivity index is 0. The van der Waals surface area contributed by atoms with Gasteiger partial charge in [0, 0.05) is 12.8 Å². The van der Waals surface area contributed by atoms with E-state index in [0.29, 0.717) is 19.3 Å². The molecule has 0 spiro atoms. The minimum Gasteiger partial charge on any atom is -0.481 e. The van der Waals surface area contributed by atoms with Crippen molar-refractivity contribution in [1.82, 2.24) is 0 Å². The minimum atomic E-state index is -4.03. The molecule has 0 atom stereocenters. The van der Waals surface area contributed by atoms with Crippen molar-refractivity contribution in [3.63, 3.8) is 0 Å². The molecular formula is C22H30Br2F4O4. The van der Waals surface area contributed by atoms with Crippen LogP contribution >= 0.6 is 31.9 Å². The van der Waals surface area contributed by atoms with E-state index in [1.54, 1.807) is 0 Å². The summed E-state index contributed by atoms with van der Waals surface area (Å²) in [5.41, 5.74) is 0. The number of alkyl halides is 6. The van der Waals surface area contributed by atoms with Crippen LogP contribution in [0, 0.1) is 0 Å². The van der Waals surface area contributed by atoms with E-state index in [-0.39, 0.29) is 12.8 Å². The number of allylic oxidation sites excluding steroid dienone is 8. The standard InChI is InChI=1S/C20H29F3O2.C2HBr2FO2/c21-20(22,23)18-16-14-12-10-8-6-4-2-1-3-5-7-9-11-13-15-17-19(24)25;3-2(4,5)1(6)7/h2-5,8-11H,1,6-7,12-18H2,(H,24,25);(H,6,7). The van der Waals surface area contributed by atoms with Crippen molar-refractivity contribution >= 4 is 43.8 Å². The van der Waals surface area contributed by atoms with E-state index in [4.69, 9.17) is 10.2 Å². The van der Waals surface area contributed by atoms with Gasteiger partial charge in [-0.2, -0.15) is 13.2 Å². The molecule has 0 aromatic carbocycles. The zero-order chi connectivity index (χ0) is 24.9. The number of rotatable bonds is 15. The van der Waals surface area contributed by atoms with Gasteiger partial charge in [-0.1, -0.05) is 48.6 Å². The minimum absolute atomic E-state index is 0.197. The first-order valence-electron chi connectivity index (χ1n) is 10.0. The molecule has 0 bridgehead atoms. The van der Waals surface area contributed by atoms with Gasteiger partial charge in [0.25, 0.3) is 0 Å². The van der Waals surface area contributed by atoms with Gasteiger partial charge in [-0.25, -0.2) is 9.18 Å². The van der Waals surface area contributed by atoms with Gasteiger partial charge < -0.3 is 10.2 Å². The first-order valence-corrected chi connectivity index (χ1v) is 11.6. The Morgan fingerprint density at radius 3 is 1.41 bits per heavy atom. The Hall–Kier alpha value is -1.42. The lowest BCUT2D eigenvalue weighted by Gasteiger charge is -2.03. The molecule has 0 rings (SSSR count). The molecule has 0 unspecified atom stereocenters. The number of hydrogen-bond acceptors (Lipinski definition) is 2. The molecular weight excluding hydrogens is 564 g/mol. The summed E-state index contributed by atoms with van der Waals surface area (Å²) in [7, 11) is 0. The van der Waals surface area contributed by atoms with E-state index in [2.05, 4.69) is 50.1 Å². The second-order valence-electron chi connectivity index (χ2n) is 6.54. The predicted octanol–water partition coefficient (Wildman–Crippen LogP) is 8.24. The van der Waals surface area contributed by atoms with Crippen molar-refractivity contribution in [2.24, 2.45) is 0 Å². The number of carboxylic acid groups (broad SMARTS) is 2. The van der Waals surface area contributed by atoms with Crippen LogP contribution in [0.5, 0.6) is 0 Å². The van der Waals surface area contributed by atoms with Crippen LogP contribution in [0.1, 0.15) is 64.2 Å². The Morgan fingerprint density at radius 2 is 1.06 bits per heavy atom. The third-order valence-electron chi connectivity index (χ3n) is 3.57. The van der Waals surface area contributed by atoms with Crippen LogP contribution in [0.25, 0.3) is 0 Å². The van der Waals surface area contributed by atoms with Crippen LogP contribution in [0.15, 0.2) is 48.6 Å². The highest BCUT2D eigenvalue weighted by Crippen LogP contribution is 2.27. The van der Waals surface area contributed by atoms with Gasteiger partial charge in [0.1, 0.15) is 0 Å². The Morgan fingerprint density at radius 1 is 0.688 bits per heavy atom. The normalized spacial score (nSPS) is 12.7. The van der Waals surface area contributed by atoms with E-state index in [1.165, 1.54) is 0 Å². The van der Waals surface area contributed by atoms with Crippen molar-refractivity contribution in [2.45, 2.75) is 73.9 Å². The first-order chi connectivity index (χ1) is 14.9. The predicted molar refractivity (Wildman–Crippen MR) is 126 cm³/mol. The molecule has 0 aliphatic rings. The molecule has 0 aromatic heterocycles. The average Bonchev–Trinajstić information content (AvgIpc) is 2.65. The molecule has 0 aliphatic carbocycles. The summed E-state index contributed by atoms with van der Waals surface area (Å²) in [6, 6.07) is 0. The van der Waals surface area contributed by atoms with Crippen LogP contribution in [0.2, 0.25) is 0 Å². The molecule has 0 aliphatic heterocycles. The largest absolute Gasteiger partial charge is 0.481 e. The fraction of sp³-hybridized carbons (Fsp3) is 0.545. The zero-order valence-electron chi connectivity index (χ0n) is 17.7. The molecule has 184 valence electrons. The summed E-state index contributed by atoms with van der Waals surface area (Å²) in [4.78, 5) is 19.9. The summed E-state index contributed by atoms with van der Waals surface area (Å²) >= 11 is 4.39. The quantitative estimate of drug-likeness (QED) is 0.0867. The molecule has 0 saturated carbocycles. The molecule has 0 aromatic rings. The maximum absolute atomic E-state index is 11.9. The number of unbranched alkanes of at least 4 members (excludes halogenated alkanes) is 3. The van der Waals surface area contributed by atoms with Crippen LogP contribution in [-0.2, 0) is 9.59 Å². The summed E-state index contributed by atoms with van der Waals surface area (Å²) in [6.45, 7) is 0. The number of aliphatic carboxylic acids is 2. The Kier molecular flexibility index (Phi) is 20.7. The van der Waals surface area contributed by atoms with Crippen molar-refractivity contribution in [3.8, 4) is 0 Å². The second-order valence-corrected chi connectivity index (χ2v) is 9.79. The van der Waals surface area contributed by atoms with Gasteiger partial charge in [0.2, 0.25) is 0 Å². The van der Waals surface area contributed by atoms with Crippen LogP contribution in [-0.4, -0.2) is 31.8 Å². The molecule has 0 amide bonds. The van der Waals surface area contributed by atoms with Crippen LogP contribution in [0.3, 0.4) is 0 Å². The highest BCUT2D eigenvalue weighted by molar-refractivity contribution is 9.25. The lowest BCUT2D eigenvalue weighted by molar-refractivity contribution is -0.140. The monoisotopic (exact) mass is 592 g/mol. The first kappa shape index (κ1) is 32.8. The Bertz CT molecular complexity index is 622. The lowest BCUT2D eigenvalue weighted by atomic mass is 10.1. The van der Waals surface area contributed by atoms with Crippen molar-refractivity contribution in [1.29, 1.82) is 0 Å². The Labute approximate surface area is 203 Å². The summed E-state index contributed by atoms with van der Waals surface area (Å²) in [5.74, 6) is -2.34. The smallest absolute Gasteiger partial charge is 0.389 e. The molecule has 0 heterocycles. The summed E-state index contributed by atoms with van der Waals surface area (Å²) in [6.07, 6.45) is 17.1. The van der Waals surface area contributed by atoms with Crippen LogP contribution < -0.4 is 0 Å². The lowest BCUT2D eigenvalue weighted by Crippen LogP contribution is -2.16. The highest BCUT2D eigenvalue weighted by Gasteiger charge is 2.30. The molecule has 2 N–H and O–H groups in total. The zero-order valence-corrected chi connectivity index (χ0v) is 20.8. The van der Waals surface area contributed by atoms with Crippen molar-refractivity contribution < 1.29 is 37.4 Å². The number of carbonyl (C=O) groups is 2. The van der Waals surface area contributed by atoms with E-state index >= 15 is 0 Å². The van der Waals surface area contributed by atoms with Gasteiger partial charge >= 0.3 is 21.6 Å². The third kappa shape index (κ3) is 30.8. The highest BCUT2D eigenvalue weighted by atomic mass is 79.9. The number of halogens is 6. The van der Waals surface area contributed by atoms with Crippen molar-refractivity contribution in [2.75, 3.05) is 0 Å². The fourth-order valence-corrected chi connectivity index (χ4v) is 2.01. The van der Waals surface area contributed by atoms with Gasteiger partial charge in [-0.15, -0.1) is 0 Å². The second kappa shape index (κ2) is 20.2. The van der Waals surface area contributed by atoms with Crippen LogP contribution in [0.4, 0.5) is 17.6 Å². The molecule has 32 heavy (non-hydrogen) atoms.